The van der Waals surface area contributed by atoms with Crippen LogP contribution in [-0.2, 0) is 13.1 Å². The Kier molecular flexibility index (Phi) is 5.23. The molecule has 1 aliphatic rings. The first-order valence-electron chi connectivity index (χ1n) is 8.24. The van der Waals surface area contributed by atoms with Crippen molar-refractivity contribution >= 4 is 5.69 Å². The van der Waals surface area contributed by atoms with E-state index in [4.69, 9.17) is 5.26 Å². The lowest BCUT2D eigenvalue weighted by Gasteiger charge is -2.26. The maximum absolute atomic E-state index is 8.74. The molecule has 0 radical (unpaired) electrons. The van der Waals surface area contributed by atoms with Crippen LogP contribution in [0.2, 0.25) is 0 Å². The van der Waals surface area contributed by atoms with Gasteiger partial charge in [0.2, 0.25) is 0 Å². The highest BCUT2D eigenvalue weighted by Gasteiger charge is 2.10. The van der Waals surface area contributed by atoms with E-state index in [1.807, 2.05) is 12.1 Å². The fourth-order valence-corrected chi connectivity index (χ4v) is 2.91. The van der Waals surface area contributed by atoms with Gasteiger partial charge in [0.25, 0.3) is 0 Å². The molecule has 118 valence electrons. The first kappa shape index (κ1) is 15.5. The first-order chi connectivity index (χ1) is 11.3. The minimum Gasteiger partial charge on any atom is -0.380 e. The Bertz CT molecular complexity index is 649. The summed E-state index contributed by atoms with van der Waals surface area (Å²) in [5.74, 6) is 0. The summed E-state index contributed by atoms with van der Waals surface area (Å²) in [7, 11) is 0. The molecule has 0 spiro atoms. The molecular weight excluding hydrogens is 284 g/mol. The maximum Gasteiger partial charge on any atom is 0.140 e. The third-order valence-corrected chi connectivity index (χ3v) is 4.25. The molecule has 0 aliphatic carbocycles. The van der Waals surface area contributed by atoms with Gasteiger partial charge in [-0.2, -0.15) is 5.26 Å². The molecule has 1 aromatic carbocycles. The summed E-state index contributed by atoms with van der Waals surface area (Å²) >= 11 is 0. The highest BCUT2D eigenvalue weighted by molar-refractivity contribution is 5.43. The van der Waals surface area contributed by atoms with Gasteiger partial charge in [-0.05, 0) is 49.2 Å². The molecule has 23 heavy (non-hydrogen) atoms. The number of benzene rings is 1. The van der Waals surface area contributed by atoms with E-state index >= 15 is 0 Å². The smallest absolute Gasteiger partial charge is 0.140 e. The van der Waals surface area contributed by atoms with E-state index < -0.39 is 0 Å². The quantitative estimate of drug-likeness (QED) is 0.918. The van der Waals surface area contributed by atoms with Gasteiger partial charge >= 0.3 is 0 Å². The molecule has 0 saturated carbocycles. The van der Waals surface area contributed by atoms with Gasteiger partial charge in [-0.3, -0.25) is 4.90 Å². The van der Waals surface area contributed by atoms with Crippen LogP contribution in [0.5, 0.6) is 0 Å². The van der Waals surface area contributed by atoms with E-state index in [0.717, 1.165) is 18.8 Å². The third-order valence-electron chi connectivity index (χ3n) is 4.25. The molecule has 1 aromatic heterocycles. The Morgan fingerprint density at radius 2 is 1.74 bits per heavy atom. The lowest BCUT2D eigenvalue weighted by Crippen LogP contribution is -2.29. The highest BCUT2D eigenvalue weighted by Crippen LogP contribution is 2.14. The molecule has 4 heteroatoms. The molecule has 3 rings (SSSR count). The lowest BCUT2D eigenvalue weighted by atomic mass is 10.1. The summed E-state index contributed by atoms with van der Waals surface area (Å²) in [4.78, 5) is 6.60. The van der Waals surface area contributed by atoms with Crippen molar-refractivity contribution in [1.82, 2.24) is 9.88 Å². The van der Waals surface area contributed by atoms with Crippen LogP contribution in [0.4, 0.5) is 5.69 Å². The molecule has 0 bridgehead atoms. The van der Waals surface area contributed by atoms with E-state index in [9.17, 15) is 0 Å². The third kappa shape index (κ3) is 4.54. The van der Waals surface area contributed by atoms with Crippen LogP contribution in [0.25, 0.3) is 0 Å². The number of hydrogen-bond donors (Lipinski definition) is 1. The molecule has 1 aliphatic heterocycles. The SMILES string of the molecule is N#Cc1ccc(NCc2ccc(CN3CCCCC3)cc2)cn1. The van der Waals surface area contributed by atoms with E-state index in [1.54, 1.807) is 12.3 Å². The number of hydrogen-bond acceptors (Lipinski definition) is 4. The largest absolute Gasteiger partial charge is 0.380 e. The average molecular weight is 306 g/mol. The molecular formula is C19H22N4. The van der Waals surface area contributed by atoms with E-state index in [-0.39, 0.29) is 0 Å². The second-order valence-electron chi connectivity index (χ2n) is 6.05. The van der Waals surface area contributed by atoms with Gasteiger partial charge in [0.1, 0.15) is 11.8 Å². The molecule has 0 amide bonds. The van der Waals surface area contributed by atoms with Crippen molar-refractivity contribution in [2.45, 2.75) is 32.4 Å². The Hall–Kier alpha value is -2.38. The number of nitrogens with zero attached hydrogens (tertiary/aromatic N) is 3. The van der Waals surface area contributed by atoms with Crippen LogP contribution in [-0.4, -0.2) is 23.0 Å². The van der Waals surface area contributed by atoms with Crippen LogP contribution in [0.15, 0.2) is 42.6 Å². The fraction of sp³-hybridized carbons (Fsp3) is 0.368. The van der Waals surface area contributed by atoms with Crippen molar-refractivity contribution in [3.63, 3.8) is 0 Å². The van der Waals surface area contributed by atoms with Gasteiger partial charge in [0.05, 0.1) is 11.9 Å². The van der Waals surface area contributed by atoms with E-state index in [2.05, 4.69) is 39.5 Å². The van der Waals surface area contributed by atoms with Crippen molar-refractivity contribution in [3.05, 3.63) is 59.4 Å². The summed E-state index contributed by atoms with van der Waals surface area (Å²) in [6.45, 7) is 4.29. The van der Waals surface area contributed by atoms with E-state index in [1.165, 1.54) is 43.5 Å². The lowest BCUT2D eigenvalue weighted by molar-refractivity contribution is 0.221. The van der Waals surface area contributed by atoms with Gasteiger partial charge in [-0.15, -0.1) is 0 Å². The Balaban J connectivity index is 1.51. The molecule has 0 unspecified atom stereocenters. The molecule has 1 N–H and O–H groups in total. The summed E-state index contributed by atoms with van der Waals surface area (Å²) in [6.07, 6.45) is 5.75. The topological polar surface area (TPSA) is 52.0 Å². The van der Waals surface area contributed by atoms with Crippen molar-refractivity contribution in [2.24, 2.45) is 0 Å². The minimum atomic E-state index is 0.442. The van der Waals surface area contributed by atoms with Crippen LogP contribution < -0.4 is 5.32 Å². The number of anilines is 1. The summed E-state index contributed by atoms with van der Waals surface area (Å²) in [6, 6.07) is 14.5. The van der Waals surface area contributed by atoms with Gasteiger partial charge in [-0.1, -0.05) is 30.7 Å². The predicted molar refractivity (Wildman–Crippen MR) is 91.8 cm³/mol. The van der Waals surface area contributed by atoms with Gasteiger partial charge in [0.15, 0.2) is 0 Å². The first-order valence-corrected chi connectivity index (χ1v) is 8.24. The zero-order valence-corrected chi connectivity index (χ0v) is 13.3. The second-order valence-corrected chi connectivity index (χ2v) is 6.05. The number of likely N-dealkylation sites (tertiary alicyclic amines) is 1. The van der Waals surface area contributed by atoms with Crippen LogP contribution >= 0.6 is 0 Å². The van der Waals surface area contributed by atoms with E-state index in [0.29, 0.717) is 5.69 Å². The second kappa shape index (κ2) is 7.75. The summed E-state index contributed by atoms with van der Waals surface area (Å²) in [5, 5.41) is 12.1. The number of pyridine rings is 1. The zero-order chi connectivity index (χ0) is 15.9. The predicted octanol–water partition coefficient (Wildman–Crippen LogP) is 3.55. The summed E-state index contributed by atoms with van der Waals surface area (Å²) in [5.41, 5.74) is 4.01. The van der Waals surface area contributed by atoms with Crippen LogP contribution in [0.1, 0.15) is 36.1 Å². The Morgan fingerprint density at radius 1 is 1.00 bits per heavy atom. The van der Waals surface area contributed by atoms with Gasteiger partial charge < -0.3 is 5.32 Å². The van der Waals surface area contributed by atoms with Crippen molar-refractivity contribution in [1.29, 1.82) is 5.26 Å². The van der Waals surface area contributed by atoms with Crippen molar-refractivity contribution in [2.75, 3.05) is 18.4 Å². The maximum atomic E-state index is 8.74. The van der Waals surface area contributed by atoms with Crippen LogP contribution in [0, 0.1) is 11.3 Å². The molecule has 1 fully saturated rings. The Morgan fingerprint density at radius 3 is 2.39 bits per heavy atom. The number of aromatic nitrogens is 1. The summed E-state index contributed by atoms with van der Waals surface area (Å²) < 4.78 is 0. The zero-order valence-electron chi connectivity index (χ0n) is 13.3. The normalized spacial score (nSPS) is 15.1. The van der Waals surface area contributed by atoms with Crippen molar-refractivity contribution in [3.8, 4) is 6.07 Å². The van der Waals surface area contributed by atoms with Crippen molar-refractivity contribution < 1.29 is 0 Å². The molecule has 4 nitrogen and oxygen atoms in total. The molecule has 2 aromatic rings. The average Bonchev–Trinajstić information content (AvgIpc) is 2.62. The number of nitriles is 1. The standard InChI is InChI=1S/C19H22N4/c20-12-18-8-9-19(14-22-18)21-13-16-4-6-17(7-5-16)15-23-10-2-1-3-11-23/h4-9,14,21H,1-3,10-11,13,15H2. The molecule has 2 heterocycles. The Labute approximate surface area is 137 Å². The number of nitrogens with one attached hydrogen (secondary N) is 1. The number of rotatable bonds is 5. The number of piperidine rings is 1. The molecule has 0 atom stereocenters. The van der Waals surface area contributed by atoms with Gasteiger partial charge in [-0.25, -0.2) is 4.98 Å². The van der Waals surface area contributed by atoms with Crippen LogP contribution in [0.3, 0.4) is 0 Å². The van der Waals surface area contributed by atoms with Gasteiger partial charge in [0, 0.05) is 13.1 Å². The minimum absolute atomic E-state index is 0.442. The molecule has 1 saturated heterocycles. The highest BCUT2D eigenvalue weighted by atomic mass is 15.1. The fourth-order valence-electron chi connectivity index (χ4n) is 2.91. The monoisotopic (exact) mass is 306 g/mol.